The number of benzene rings is 2. The highest BCUT2D eigenvalue weighted by Crippen LogP contribution is 2.23. The van der Waals surface area contributed by atoms with Crippen molar-refractivity contribution in [2.45, 2.75) is 6.92 Å². The first-order chi connectivity index (χ1) is 8.99. The number of halogens is 2. The number of aryl methyl sites for hydroxylation is 1. The van der Waals surface area contributed by atoms with Crippen molar-refractivity contribution in [3.05, 3.63) is 58.4 Å². The third-order valence-electron chi connectivity index (χ3n) is 2.73. The molecule has 0 radical (unpaired) electrons. The Morgan fingerprint density at radius 1 is 1.32 bits per heavy atom. The van der Waals surface area contributed by atoms with E-state index < -0.39 is 11.7 Å². The molecule has 2 rings (SSSR count). The number of carbonyl (C=O) groups excluding carboxylic acids is 1. The van der Waals surface area contributed by atoms with Crippen LogP contribution in [0.15, 0.2) is 36.4 Å². The van der Waals surface area contributed by atoms with Crippen molar-refractivity contribution in [1.29, 1.82) is 0 Å². The molecule has 98 valence electrons. The summed E-state index contributed by atoms with van der Waals surface area (Å²) >= 11 is 5.65. The van der Waals surface area contributed by atoms with E-state index in [0.717, 1.165) is 5.56 Å². The molecule has 0 aromatic heterocycles. The number of carbonyl (C=O) groups is 1. The van der Waals surface area contributed by atoms with Crippen molar-refractivity contribution >= 4 is 28.9 Å². The lowest BCUT2D eigenvalue weighted by Crippen LogP contribution is -2.13. The molecule has 0 bridgehead atoms. The molecule has 0 aliphatic heterocycles. The van der Waals surface area contributed by atoms with E-state index in [1.807, 2.05) is 0 Å². The molecule has 0 saturated heterocycles. The SMILES string of the molecule is Cc1cc(C(=O)Nc2cccc(Cl)c2F)ccc1N. The fraction of sp³-hybridized carbons (Fsp3) is 0.0714. The fourth-order valence-corrected chi connectivity index (χ4v) is 1.79. The summed E-state index contributed by atoms with van der Waals surface area (Å²) in [6.45, 7) is 1.80. The van der Waals surface area contributed by atoms with Gasteiger partial charge < -0.3 is 11.1 Å². The lowest BCUT2D eigenvalue weighted by Gasteiger charge is -2.08. The van der Waals surface area contributed by atoms with Crippen LogP contribution in [-0.4, -0.2) is 5.91 Å². The van der Waals surface area contributed by atoms with Crippen molar-refractivity contribution < 1.29 is 9.18 Å². The average Bonchev–Trinajstić information content (AvgIpc) is 2.38. The van der Waals surface area contributed by atoms with Crippen LogP contribution >= 0.6 is 11.6 Å². The topological polar surface area (TPSA) is 55.1 Å². The van der Waals surface area contributed by atoms with Gasteiger partial charge in [0.15, 0.2) is 5.82 Å². The number of nitrogens with two attached hydrogens (primary N) is 1. The van der Waals surface area contributed by atoms with Gasteiger partial charge in [0, 0.05) is 11.3 Å². The highest BCUT2D eigenvalue weighted by molar-refractivity contribution is 6.31. The molecular weight excluding hydrogens is 267 g/mol. The zero-order valence-corrected chi connectivity index (χ0v) is 11.0. The zero-order valence-electron chi connectivity index (χ0n) is 10.2. The quantitative estimate of drug-likeness (QED) is 0.824. The molecule has 3 nitrogen and oxygen atoms in total. The maximum absolute atomic E-state index is 13.7. The zero-order chi connectivity index (χ0) is 14.0. The Kier molecular flexibility index (Phi) is 3.71. The van der Waals surface area contributed by atoms with Gasteiger partial charge in [-0.05, 0) is 42.8 Å². The number of hydrogen-bond acceptors (Lipinski definition) is 2. The number of nitrogen functional groups attached to an aromatic ring is 1. The lowest BCUT2D eigenvalue weighted by atomic mass is 10.1. The van der Waals surface area contributed by atoms with Crippen molar-refractivity contribution in [3.8, 4) is 0 Å². The minimum Gasteiger partial charge on any atom is -0.399 e. The average molecular weight is 279 g/mol. The normalized spacial score (nSPS) is 10.3. The molecule has 0 spiro atoms. The number of nitrogens with one attached hydrogen (secondary N) is 1. The minimum absolute atomic E-state index is 0.0358. The maximum atomic E-state index is 13.7. The highest BCUT2D eigenvalue weighted by atomic mass is 35.5. The first-order valence-electron chi connectivity index (χ1n) is 5.60. The smallest absolute Gasteiger partial charge is 0.255 e. The summed E-state index contributed by atoms with van der Waals surface area (Å²) in [4.78, 5) is 12.0. The standard InChI is InChI=1S/C14H12ClFN2O/c1-8-7-9(5-6-11(8)17)14(19)18-12-4-2-3-10(15)13(12)16/h2-7H,17H2,1H3,(H,18,19). The molecule has 0 heterocycles. The summed E-state index contributed by atoms with van der Waals surface area (Å²) in [5.41, 5.74) is 7.53. The fourth-order valence-electron chi connectivity index (χ4n) is 1.61. The second kappa shape index (κ2) is 5.28. The molecule has 2 aromatic carbocycles. The molecule has 19 heavy (non-hydrogen) atoms. The van der Waals surface area contributed by atoms with E-state index in [4.69, 9.17) is 17.3 Å². The predicted octanol–water partition coefficient (Wildman–Crippen LogP) is 3.62. The molecule has 0 aliphatic rings. The van der Waals surface area contributed by atoms with Gasteiger partial charge in [-0.15, -0.1) is 0 Å². The highest BCUT2D eigenvalue weighted by Gasteiger charge is 2.11. The van der Waals surface area contributed by atoms with Crippen LogP contribution in [0.1, 0.15) is 15.9 Å². The second-order valence-electron chi connectivity index (χ2n) is 4.13. The van der Waals surface area contributed by atoms with Gasteiger partial charge in [-0.3, -0.25) is 4.79 Å². The number of amides is 1. The van der Waals surface area contributed by atoms with E-state index in [2.05, 4.69) is 5.32 Å². The third-order valence-corrected chi connectivity index (χ3v) is 3.02. The van der Waals surface area contributed by atoms with Gasteiger partial charge in [0.2, 0.25) is 0 Å². The van der Waals surface area contributed by atoms with E-state index >= 15 is 0 Å². The van der Waals surface area contributed by atoms with Crippen molar-refractivity contribution in [2.75, 3.05) is 11.1 Å². The predicted molar refractivity (Wildman–Crippen MR) is 75.0 cm³/mol. The number of rotatable bonds is 2. The molecule has 0 saturated carbocycles. The summed E-state index contributed by atoms with van der Waals surface area (Å²) in [6, 6.07) is 9.30. The molecule has 0 atom stereocenters. The molecule has 0 unspecified atom stereocenters. The Labute approximate surface area is 115 Å². The van der Waals surface area contributed by atoms with Crippen LogP contribution in [0.3, 0.4) is 0 Å². The maximum Gasteiger partial charge on any atom is 0.255 e. The van der Waals surface area contributed by atoms with Crippen LogP contribution in [0.4, 0.5) is 15.8 Å². The van der Waals surface area contributed by atoms with Crippen LogP contribution in [0.25, 0.3) is 0 Å². The monoisotopic (exact) mass is 278 g/mol. The van der Waals surface area contributed by atoms with Crippen LogP contribution in [-0.2, 0) is 0 Å². The summed E-state index contributed by atoms with van der Waals surface area (Å²) in [5.74, 6) is -1.06. The summed E-state index contributed by atoms with van der Waals surface area (Å²) in [5, 5.41) is 2.44. The van der Waals surface area contributed by atoms with Gasteiger partial charge in [-0.2, -0.15) is 0 Å². The Morgan fingerprint density at radius 3 is 2.74 bits per heavy atom. The van der Waals surface area contributed by atoms with Crippen LogP contribution < -0.4 is 11.1 Å². The second-order valence-corrected chi connectivity index (χ2v) is 4.53. The van der Waals surface area contributed by atoms with E-state index in [1.54, 1.807) is 31.2 Å². The molecule has 1 amide bonds. The third kappa shape index (κ3) is 2.85. The van der Waals surface area contributed by atoms with E-state index in [0.29, 0.717) is 11.3 Å². The van der Waals surface area contributed by atoms with Crippen LogP contribution in [0, 0.1) is 12.7 Å². The van der Waals surface area contributed by atoms with Gasteiger partial charge in [-0.25, -0.2) is 4.39 Å². The Hall–Kier alpha value is -2.07. The van der Waals surface area contributed by atoms with Crippen LogP contribution in [0.2, 0.25) is 5.02 Å². The lowest BCUT2D eigenvalue weighted by molar-refractivity contribution is 0.102. The molecular formula is C14H12ClFN2O. The molecule has 3 N–H and O–H groups in total. The van der Waals surface area contributed by atoms with Gasteiger partial charge >= 0.3 is 0 Å². The molecule has 0 aliphatic carbocycles. The van der Waals surface area contributed by atoms with Crippen LogP contribution in [0.5, 0.6) is 0 Å². The first-order valence-corrected chi connectivity index (χ1v) is 5.98. The van der Waals surface area contributed by atoms with Gasteiger partial charge in [-0.1, -0.05) is 17.7 Å². The minimum atomic E-state index is -0.648. The van der Waals surface area contributed by atoms with Crippen molar-refractivity contribution in [3.63, 3.8) is 0 Å². The Bertz CT molecular complexity index is 643. The van der Waals surface area contributed by atoms with Gasteiger partial charge in [0.1, 0.15) is 0 Å². The van der Waals surface area contributed by atoms with E-state index in [9.17, 15) is 9.18 Å². The molecule has 0 fully saturated rings. The van der Waals surface area contributed by atoms with Gasteiger partial charge in [0.25, 0.3) is 5.91 Å². The molecule has 2 aromatic rings. The number of hydrogen-bond donors (Lipinski definition) is 2. The Morgan fingerprint density at radius 2 is 2.05 bits per heavy atom. The summed E-state index contributed by atoms with van der Waals surface area (Å²) in [7, 11) is 0. The van der Waals surface area contributed by atoms with E-state index in [1.165, 1.54) is 12.1 Å². The summed E-state index contributed by atoms with van der Waals surface area (Å²) < 4.78 is 13.7. The van der Waals surface area contributed by atoms with Crippen molar-refractivity contribution in [1.82, 2.24) is 0 Å². The van der Waals surface area contributed by atoms with E-state index in [-0.39, 0.29) is 10.7 Å². The largest absolute Gasteiger partial charge is 0.399 e. The number of anilines is 2. The summed E-state index contributed by atoms with van der Waals surface area (Å²) in [6.07, 6.45) is 0. The van der Waals surface area contributed by atoms with Crippen molar-refractivity contribution in [2.24, 2.45) is 0 Å². The molecule has 5 heteroatoms. The first kappa shape index (κ1) is 13.4. The van der Waals surface area contributed by atoms with Gasteiger partial charge in [0.05, 0.1) is 10.7 Å². The Balaban J connectivity index is 2.26.